The zero-order valence-corrected chi connectivity index (χ0v) is 15.5. The van der Waals surface area contributed by atoms with Crippen LogP contribution in [0.1, 0.15) is 50.0 Å². The van der Waals surface area contributed by atoms with Crippen LogP contribution >= 0.6 is 0 Å². The Balaban J connectivity index is 1.29. The average molecular weight is 347 g/mol. The molecule has 0 spiro atoms. The van der Waals surface area contributed by atoms with Crippen LogP contribution in [0.3, 0.4) is 0 Å². The summed E-state index contributed by atoms with van der Waals surface area (Å²) in [5.41, 5.74) is 1.24. The fourth-order valence-electron chi connectivity index (χ4n) is 5.19. The number of aliphatic hydroxyl groups excluding tert-OH is 1. The van der Waals surface area contributed by atoms with E-state index in [1.807, 2.05) is 6.20 Å². The van der Waals surface area contributed by atoms with Crippen LogP contribution in [0, 0.1) is 17.8 Å². The van der Waals surface area contributed by atoms with Crippen LogP contribution in [0.25, 0.3) is 0 Å². The van der Waals surface area contributed by atoms with Gasteiger partial charge in [-0.05, 0) is 43.7 Å². The molecular formula is C20H34N4O. The first-order chi connectivity index (χ1) is 12.3. The minimum absolute atomic E-state index is 0.324. The predicted octanol–water partition coefficient (Wildman–Crippen LogP) is 2.28. The van der Waals surface area contributed by atoms with Gasteiger partial charge in [-0.3, -0.25) is 4.90 Å². The largest absolute Gasteiger partial charge is 0.396 e. The van der Waals surface area contributed by atoms with Crippen LogP contribution in [-0.2, 0) is 13.0 Å². The molecule has 0 radical (unpaired) electrons. The van der Waals surface area contributed by atoms with E-state index in [9.17, 15) is 5.11 Å². The third-order valence-electron chi connectivity index (χ3n) is 6.61. The summed E-state index contributed by atoms with van der Waals surface area (Å²) in [7, 11) is 0. The van der Waals surface area contributed by atoms with Crippen molar-refractivity contribution in [2.24, 2.45) is 17.8 Å². The van der Waals surface area contributed by atoms with Crippen molar-refractivity contribution >= 4 is 0 Å². The Morgan fingerprint density at radius 1 is 1.04 bits per heavy atom. The van der Waals surface area contributed by atoms with Gasteiger partial charge in [0.1, 0.15) is 5.82 Å². The summed E-state index contributed by atoms with van der Waals surface area (Å²) in [6.45, 7) is 7.07. The Morgan fingerprint density at radius 2 is 1.80 bits per heavy atom. The standard InChI is InChI=1S/C20H34N4O/c25-15-18-13-24(12-17(18)11-23-7-3-4-8-23)14-19-10-21-20(22-19)9-16-5-1-2-6-16/h10,16-18,25H,1-9,11-15H2,(H,21,22)/t17-,18-/m1/s1. The lowest BCUT2D eigenvalue weighted by atomic mass is 9.96. The number of aromatic nitrogens is 2. The van der Waals surface area contributed by atoms with Crippen molar-refractivity contribution in [2.75, 3.05) is 39.3 Å². The van der Waals surface area contributed by atoms with Gasteiger partial charge in [0.2, 0.25) is 0 Å². The number of H-pyrrole nitrogens is 1. The summed E-state index contributed by atoms with van der Waals surface area (Å²) in [6.07, 6.45) is 11.4. The van der Waals surface area contributed by atoms with Crippen molar-refractivity contribution in [2.45, 2.75) is 51.5 Å². The molecule has 3 heterocycles. The van der Waals surface area contributed by atoms with E-state index >= 15 is 0 Å². The van der Waals surface area contributed by atoms with E-state index in [0.29, 0.717) is 18.4 Å². The summed E-state index contributed by atoms with van der Waals surface area (Å²) < 4.78 is 0. The van der Waals surface area contributed by atoms with E-state index in [-0.39, 0.29) is 0 Å². The van der Waals surface area contributed by atoms with Crippen molar-refractivity contribution in [3.05, 3.63) is 17.7 Å². The second-order valence-corrected chi connectivity index (χ2v) is 8.61. The maximum atomic E-state index is 9.79. The van der Waals surface area contributed by atoms with Gasteiger partial charge in [0, 0.05) is 51.1 Å². The Bertz CT molecular complexity index is 534. The van der Waals surface area contributed by atoms with Crippen LogP contribution in [0.4, 0.5) is 0 Å². The molecule has 5 nitrogen and oxygen atoms in total. The van der Waals surface area contributed by atoms with E-state index in [1.54, 1.807) is 0 Å². The Kier molecular flexibility index (Phi) is 5.73. The number of imidazole rings is 1. The maximum Gasteiger partial charge on any atom is 0.106 e. The fourth-order valence-corrected chi connectivity index (χ4v) is 5.19. The second-order valence-electron chi connectivity index (χ2n) is 8.61. The molecule has 1 aliphatic carbocycles. The zero-order valence-electron chi connectivity index (χ0n) is 15.5. The van der Waals surface area contributed by atoms with Crippen LogP contribution in [-0.4, -0.2) is 64.2 Å². The zero-order chi connectivity index (χ0) is 17.1. The molecule has 140 valence electrons. The number of nitrogens with one attached hydrogen (secondary N) is 1. The Hall–Kier alpha value is -0.910. The van der Waals surface area contributed by atoms with Crippen LogP contribution < -0.4 is 0 Å². The van der Waals surface area contributed by atoms with E-state index in [4.69, 9.17) is 0 Å². The lowest BCUT2D eigenvalue weighted by Crippen LogP contribution is -2.31. The molecule has 4 rings (SSSR count). The highest BCUT2D eigenvalue weighted by molar-refractivity contribution is 5.03. The Morgan fingerprint density at radius 3 is 2.56 bits per heavy atom. The average Bonchev–Trinajstić information content (AvgIpc) is 3.38. The molecular weight excluding hydrogens is 312 g/mol. The van der Waals surface area contributed by atoms with Crippen molar-refractivity contribution in [3.8, 4) is 0 Å². The second kappa shape index (κ2) is 8.19. The van der Waals surface area contributed by atoms with Gasteiger partial charge in [-0.1, -0.05) is 25.7 Å². The highest BCUT2D eigenvalue weighted by Gasteiger charge is 2.34. The molecule has 0 aromatic carbocycles. The number of hydrogen-bond acceptors (Lipinski definition) is 4. The molecule has 1 saturated carbocycles. The van der Waals surface area contributed by atoms with Crippen molar-refractivity contribution in [1.29, 1.82) is 0 Å². The summed E-state index contributed by atoms with van der Waals surface area (Å²) in [5.74, 6) is 3.06. The molecule has 2 saturated heterocycles. The van der Waals surface area contributed by atoms with Gasteiger partial charge in [0.15, 0.2) is 0 Å². The quantitative estimate of drug-likeness (QED) is 0.795. The molecule has 2 aliphatic heterocycles. The van der Waals surface area contributed by atoms with Crippen molar-refractivity contribution < 1.29 is 5.11 Å². The summed E-state index contributed by atoms with van der Waals surface area (Å²) in [5, 5.41) is 9.79. The number of aliphatic hydroxyl groups is 1. The minimum Gasteiger partial charge on any atom is -0.396 e. The highest BCUT2D eigenvalue weighted by atomic mass is 16.3. The predicted molar refractivity (Wildman–Crippen MR) is 99.3 cm³/mol. The van der Waals surface area contributed by atoms with Gasteiger partial charge in [-0.2, -0.15) is 0 Å². The summed E-state index contributed by atoms with van der Waals surface area (Å²) in [6, 6.07) is 0. The van der Waals surface area contributed by atoms with E-state index in [0.717, 1.165) is 38.5 Å². The van der Waals surface area contributed by atoms with Gasteiger partial charge in [-0.15, -0.1) is 0 Å². The first kappa shape index (κ1) is 17.5. The molecule has 0 bridgehead atoms. The van der Waals surface area contributed by atoms with Crippen molar-refractivity contribution in [3.63, 3.8) is 0 Å². The lowest BCUT2D eigenvalue weighted by Gasteiger charge is -2.23. The molecule has 1 aromatic rings. The summed E-state index contributed by atoms with van der Waals surface area (Å²) in [4.78, 5) is 13.3. The normalized spacial score (nSPS) is 29.2. The third-order valence-corrected chi connectivity index (χ3v) is 6.61. The monoisotopic (exact) mass is 346 g/mol. The van der Waals surface area contributed by atoms with E-state index < -0.39 is 0 Å². The molecule has 1 aromatic heterocycles. The highest BCUT2D eigenvalue weighted by Crippen LogP contribution is 2.28. The smallest absolute Gasteiger partial charge is 0.106 e. The minimum atomic E-state index is 0.324. The van der Waals surface area contributed by atoms with Crippen LogP contribution in [0.2, 0.25) is 0 Å². The molecule has 25 heavy (non-hydrogen) atoms. The van der Waals surface area contributed by atoms with Crippen LogP contribution in [0.5, 0.6) is 0 Å². The first-order valence-corrected chi connectivity index (χ1v) is 10.4. The summed E-state index contributed by atoms with van der Waals surface area (Å²) >= 11 is 0. The number of rotatable bonds is 7. The molecule has 3 fully saturated rings. The van der Waals surface area contributed by atoms with E-state index in [1.165, 1.54) is 63.1 Å². The fraction of sp³-hybridized carbons (Fsp3) is 0.850. The molecule has 3 aliphatic rings. The van der Waals surface area contributed by atoms with E-state index in [2.05, 4.69) is 19.8 Å². The molecule has 0 unspecified atom stereocenters. The van der Waals surface area contributed by atoms with Gasteiger partial charge in [0.05, 0.1) is 0 Å². The molecule has 2 N–H and O–H groups in total. The number of hydrogen-bond donors (Lipinski definition) is 2. The maximum absolute atomic E-state index is 9.79. The van der Waals surface area contributed by atoms with Gasteiger partial charge >= 0.3 is 0 Å². The molecule has 0 amide bonds. The Labute approximate surface area is 151 Å². The third kappa shape index (κ3) is 4.44. The number of nitrogens with zero attached hydrogens (tertiary/aromatic N) is 3. The number of aromatic amines is 1. The first-order valence-electron chi connectivity index (χ1n) is 10.4. The molecule has 2 atom stereocenters. The number of likely N-dealkylation sites (tertiary alicyclic amines) is 2. The van der Waals surface area contributed by atoms with Crippen molar-refractivity contribution in [1.82, 2.24) is 19.8 Å². The van der Waals surface area contributed by atoms with Gasteiger partial charge < -0.3 is 15.0 Å². The van der Waals surface area contributed by atoms with Gasteiger partial charge in [-0.25, -0.2) is 4.98 Å². The molecule has 5 heteroatoms. The van der Waals surface area contributed by atoms with Crippen LogP contribution in [0.15, 0.2) is 6.20 Å². The topological polar surface area (TPSA) is 55.4 Å². The lowest BCUT2D eigenvalue weighted by molar-refractivity contribution is 0.175. The SMILES string of the molecule is OC[C@H]1CN(Cc2cnc(CC3CCCC3)[nH]2)C[C@H]1CN1CCCC1. The van der Waals surface area contributed by atoms with Gasteiger partial charge in [0.25, 0.3) is 0 Å².